The van der Waals surface area contributed by atoms with Crippen LogP contribution in [0.3, 0.4) is 0 Å². The number of rotatable bonds is 6. The summed E-state index contributed by atoms with van der Waals surface area (Å²) in [4.78, 5) is 23.2. The Labute approximate surface area is 160 Å². The Morgan fingerprint density at radius 2 is 1.89 bits per heavy atom. The summed E-state index contributed by atoms with van der Waals surface area (Å²) in [5, 5.41) is 48.4. The summed E-state index contributed by atoms with van der Waals surface area (Å²) in [6.45, 7) is 0.943. The van der Waals surface area contributed by atoms with Gasteiger partial charge in [0.25, 0.3) is 0 Å². The second-order valence-electron chi connectivity index (χ2n) is 6.30. The van der Waals surface area contributed by atoms with E-state index >= 15 is 0 Å². The maximum absolute atomic E-state index is 11.7. The predicted molar refractivity (Wildman–Crippen MR) is 89.3 cm³/mol. The van der Waals surface area contributed by atoms with Crippen molar-refractivity contribution >= 4 is 11.9 Å². The first-order chi connectivity index (χ1) is 13.2. The summed E-state index contributed by atoms with van der Waals surface area (Å²) in [6, 6.07) is 0. The van der Waals surface area contributed by atoms with E-state index in [0.717, 1.165) is 6.26 Å². The molecule has 1 fully saturated rings. The topological polar surface area (TPSA) is 172 Å². The van der Waals surface area contributed by atoms with Gasteiger partial charge < -0.3 is 44.5 Å². The van der Waals surface area contributed by atoms with Crippen molar-refractivity contribution in [3.05, 3.63) is 23.5 Å². The number of carbonyl (C=O) groups excluding carboxylic acids is 1. The molecule has 0 spiro atoms. The number of aliphatic hydroxyl groups excluding tert-OH is 4. The van der Waals surface area contributed by atoms with Crippen molar-refractivity contribution in [2.75, 3.05) is 13.7 Å². The van der Waals surface area contributed by atoms with E-state index in [1.54, 1.807) is 6.92 Å². The first kappa shape index (κ1) is 22.3. The van der Waals surface area contributed by atoms with Gasteiger partial charge in [-0.15, -0.1) is 0 Å². The molecule has 7 unspecified atom stereocenters. The van der Waals surface area contributed by atoms with E-state index in [0.29, 0.717) is 0 Å². The largest absolute Gasteiger partial charge is 0.478 e. The first-order valence-corrected chi connectivity index (χ1v) is 8.52. The quantitative estimate of drug-likeness (QED) is 0.251. The Hall–Kier alpha value is -2.02. The van der Waals surface area contributed by atoms with Gasteiger partial charge in [-0.25, -0.2) is 4.79 Å². The van der Waals surface area contributed by atoms with Gasteiger partial charge in [-0.05, 0) is 6.92 Å². The number of hydrogen-bond acceptors (Lipinski definition) is 10. The van der Waals surface area contributed by atoms with Gasteiger partial charge in [0.1, 0.15) is 24.4 Å². The molecule has 158 valence electrons. The van der Waals surface area contributed by atoms with Crippen LogP contribution in [0.15, 0.2) is 23.5 Å². The smallest absolute Gasteiger partial charge is 0.335 e. The molecule has 2 rings (SSSR count). The molecule has 2 aliphatic heterocycles. The van der Waals surface area contributed by atoms with Crippen LogP contribution in [0, 0.1) is 5.92 Å². The van der Waals surface area contributed by atoms with Gasteiger partial charge in [0.05, 0.1) is 32.0 Å². The molecule has 0 aromatic heterocycles. The van der Waals surface area contributed by atoms with Crippen LogP contribution < -0.4 is 0 Å². The lowest BCUT2D eigenvalue weighted by molar-refractivity contribution is -0.327. The second-order valence-corrected chi connectivity index (χ2v) is 6.30. The summed E-state index contributed by atoms with van der Waals surface area (Å²) < 4.78 is 20.7. The van der Waals surface area contributed by atoms with Gasteiger partial charge in [0.15, 0.2) is 6.29 Å². The van der Waals surface area contributed by atoms with E-state index in [2.05, 4.69) is 4.74 Å². The SMILES string of the molecule is CC=C1C(OC2OC(CO)C(O)C(O)C2O)OC=C(C(=O)O)C1CC(=O)OC. The number of carboxylic acid groups (broad SMARTS) is 1. The van der Waals surface area contributed by atoms with Crippen LogP contribution in [-0.4, -0.2) is 88.2 Å². The highest BCUT2D eigenvalue weighted by atomic mass is 16.8. The highest BCUT2D eigenvalue weighted by Crippen LogP contribution is 2.35. The summed E-state index contributed by atoms with van der Waals surface area (Å²) in [6.07, 6.45) is -6.65. The molecule has 0 amide bonds. The van der Waals surface area contributed by atoms with Crippen LogP contribution in [0.5, 0.6) is 0 Å². The maximum Gasteiger partial charge on any atom is 0.335 e. The molecule has 1 saturated heterocycles. The number of carbonyl (C=O) groups is 2. The molecule has 5 N–H and O–H groups in total. The molecule has 0 radical (unpaired) electrons. The van der Waals surface area contributed by atoms with Crippen LogP contribution in [0.2, 0.25) is 0 Å². The molecule has 0 saturated carbocycles. The van der Waals surface area contributed by atoms with Crippen molar-refractivity contribution in [2.45, 2.75) is 50.3 Å². The van der Waals surface area contributed by atoms with Gasteiger partial charge >= 0.3 is 11.9 Å². The number of aliphatic carboxylic acids is 1. The lowest BCUT2D eigenvalue weighted by Gasteiger charge is -2.41. The molecule has 2 aliphatic rings. The number of esters is 1. The minimum absolute atomic E-state index is 0.188. The average Bonchev–Trinajstić information content (AvgIpc) is 2.68. The van der Waals surface area contributed by atoms with E-state index in [1.807, 2.05) is 0 Å². The highest BCUT2D eigenvalue weighted by Gasteiger charge is 2.46. The molecule has 0 bridgehead atoms. The molecule has 7 atom stereocenters. The molecule has 28 heavy (non-hydrogen) atoms. The fourth-order valence-electron chi connectivity index (χ4n) is 3.07. The van der Waals surface area contributed by atoms with Gasteiger partial charge in [-0.2, -0.15) is 0 Å². The van der Waals surface area contributed by atoms with E-state index in [9.17, 15) is 35.1 Å². The summed E-state index contributed by atoms with van der Waals surface area (Å²) in [5.41, 5.74) is 0.0782. The molecule has 0 aromatic rings. The van der Waals surface area contributed by atoms with Crippen LogP contribution >= 0.6 is 0 Å². The number of carboxylic acids is 1. The van der Waals surface area contributed by atoms with Crippen molar-refractivity contribution < 1.29 is 54.1 Å². The lowest BCUT2D eigenvalue weighted by atomic mass is 9.86. The number of methoxy groups -OCH3 is 1. The minimum Gasteiger partial charge on any atom is -0.478 e. The molecular weight excluding hydrogens is 380 g/mol. The Kier molecular flexibility index (Phi) is 7.52. The van der Waals surface area contributed by atoms with E-state index in [-0.39, 0.29) is 17.6 Å². The maximum atomic E-state index is 11.7. The second kappa shape index (κ2) is 9.45. The van der Waals surface area contributed by atoms with Gasteiger partial charge in [0.2, 0.25) is 6.29 Å². The highest BCUT2D eigenvalue weighted by molar-refractivity contribution is 5.89. The zero-order valence-electron chi connectivity index (χ0n) is 15.3. The van der Waals surface area contributed by atoms with Crippen molar-refractivity contribution in [3.63, 3.8) is 0 Å². The third kappa shape index (κ3) is 4.51. The zero-order chi connectivity index (χ0) is 21.0. The van der Waals surface area contributed by atoms with Crippen molar-refractivity contribution in [3.8, 4) is 0 Å². The summed E-state index contributed by atoms with van der Waals surface area (Å²) in [7, 11) is 1.17. The Morgan fingerprint density at radius 3 is 2.43 bits per heavy atom. The fraction of sp³-hybridized carbons (Fsp3) is 0.647. The molecule has 2 heterocycles. The summed E-state index contributed by atoms with van der Waals surface area (Å²) in [5.74, 6) is -2.86. The van der Waals surface area contributed by atoms with E-state index in [1.165, 1.54) is 13.2 Å². The number of hydrogen-bond donors (Lipinski definition) is 5. The van der Waals surface area contributed by atoms with Gasteiger partial charge in [-0.3, -0.25) is 4.79 Å². The standard InChI is InChI=1S/C17H24O11/c1-3-7-8(4-11(19)25-2)9(15(23)24)6-26-16(7)28-17-14(22)13(21)12(20)10(5-18)27-17/h3,6,8,10,12-14,16-18,20-22H,4-5H2,1-2H3,(H,23,24). The normalized spacial score (nSPS) is 37.1. The monoisotopic (exact) mass is 404 g/mol. The first-order valence-electron chi connectivity index (χ1n) is 8.52. The molecule has 11 heteroatoms. The third-order valence-corrected chi connectivity index (χ3v) is 4.65. The lowest BCUT2D eigenvalue weighted by Crippen LogP contribution is -2.60. The van der Waals surface area contributed by atoms with Crippen LogP contribution in [-0.2, 0) is 28.5 Å². The van der Waals surface area contributed by atoms with Crippen molar-refractivity contribution in [1.82, 2.24) is 0 Å². The number of aliphatic hydroxyl groups is 4. The van der Waals surface area contributed by atoms with Crippen molar-refractivity contribution in [2.24, 2.45) is 5.92 Å². The van der Waals surface area contributed by atoms with E-state index in [4.69, 9.17) is 14.2 Å². The number of allylic oxidation sites excluding steroid dienone is 1. The minimum atomic E-state index is -1.66. The van der Waals surface area contributed by atoms with Crippen LogP contribution in [0.1, 0.15) is 13.3 Å². The zero-order valence-corrected chi connectivity index (χ0v) is 15.3. The van der Waals surface area contributed by atoms with Gasteiger partial charge in [0, 0.05) is 11.5 Å². The fourth-order valence-corrected chi connectivity index (χ4v) is 3.07. The van der Waals surface area contributed by atoms with Gasteiger partial charge in [-0.1, -0.05) is 6.08 Å². The predicted octanol–water partition coefficient (Wildman–Crippen LogP) is -1.75. The Bertz CT molecular complexity index is 641. The molecular formula is C17H24O11. The third-order valence-electron chi connectivity index (χ3n) is 4.65. The Morgan fingerprint density at radius 1 is 1.21 bits per heavy atom. The van der Waals surface area contributed by atoms with Crippen molar-refractivity contribution in [1.29, 1.82) is 0 Å². The summed E-state index contributed by atoms with van der Waals surface area (Å²) >= 11 is 0. The Balaban J connectivity index is 2.25. The van der Waals surface area contributed by atoms with Crippen LogP contribution in [0.25, 0.3) is 0 Å². The average molecular weight is 404 g/mol. The number of ether oxygens (including phenoxy) is 4. The van der Waals surface area contributed by atoms with Crippen LogP contribution in [0.4, 0.5) is 0 Å². The molecule has 0 aromatic carbocycles. The van der Waals surface area contributed by atoms with E-state index < -0.39 is 61.5 Å². The molecule has 0 aliphatic carbocycles. The molecule has 11 nitrogen and oxygen atoms in total.